The SMILES string of the molecule is COc1cc(S(C)=O)ccc1OCCNC1(C(O)COc2ccccc2C)OC(=O)C(=O)O1. The van der Waals surface area contributed by atoms with Gasteiger partial charge >= 0.3 is 17.8 Å². The average molecular weight is 480 g/mol. The van der Waals surface area contributed by atoms with Crippen molar-refractivity contribution in [1.82, 2.24) is 5.32 Å². The molecule has 2 aromatic carbocycles. The standard InChI is InChI=1S/C22H25NO9S/c1-14-6-4-5-7-16(14)30-13-19(24)22(31-20(25)21(26)32-22)23-10-11-29-17-9-8-15(33(3)27)12-18(17)28-2/h4-9,12,19,23-24H,10-11,13H2,1-3H3. The normalized spacial score (nSPS) is 16.5. The van der Waals surface area contributed by atoms with Crippen molar-refractivity contribution in [1.29, 1.82) is 0 Å². The van der Waals surface area contributed by atoms with Gasteiger partial charge in [0.25, 0.3) is 0 Å². The summed E-state index contributed by atoms with van der Waals surface area (Å²) in [5, 5.41) is 13.4. The van der Waals surface area contributed by atoms with Gasteiger partial charge in [0.05, 0.1) is 7.11 Å². The number of ether oxygens (including phenoxy) is 5. The third kappa shape index (κ3) is 5.81. The molecule has 3 rings (SSSR count). The van der Waals surface area contributed by atoms with Crippen molar-refractivity contribution in [2.75, 3.05) is 33.1 Å². The van der Waals surface area contributed by atoms with Crippen LogP contribution in [0.1, 0.15) is 5.56 Å². The number of methoxy groups -OCH3 is 1. The van der Waals surface area contributed by atoms with Crippen molar-refractivity contribution in [2.24, 2.45) is 0 Å². The number of aliphatic hydroxyl groups is 1. The number of para-hydroxylation sites is 1. The average Bonchev–Trinajstić information content (AvgIpc) is 3.10. The molecule has 2 aromatic rings. The second kappa shape index (κ2) is 10.6. The third-order valence-corrected chi connectivity index (χ3v) is 5.70. The monoisotopic (exact) mass is 479 g/mol. The van der Waals surface area contributed by atoms with Gasteiger partial charge in [0.1, 0.15) is 19.0 Å². The fourth-order valence-electron chi connectivity index (χ4n) is 3.03. The summed E-state index contributed by atoms with van der Waals surface area (Å²) in [5.74, 6) is -3.28. The Hall–Kier alpha value is -3.15. The molecule has 0 radical (unpaired) electrons. The topological polar surface area (TPSA) is 130 Å². The van der Waals surface area contributed by atoms with E-state index in [0.29, 0.717) is 22.1 Å². The van der Waals surface area contributed by atoms with Crippen LogP contribution in [0.3, 0.4) is 0 Å². The largest absolute Gasteiger partial charge is 0.493 e. The minimum atomic E-state index is -2.12. The second-order valence-electron chi connectivity index (χ2n) is 7.08. The molecule has 10 nitrogen and oxygen atoms in total. The van der Waals surface area contributed by atoms with E-state index in [1.165, 1.54) is 7.11 Å². The molecule has 2 atom stereocenters. The Morgan fingerprint density at radius 2 is 1.76 bits per heavy atom. The highest BCUT2D eigenvalue weighted by Gasteiger charge is 2.54. The van der Waals surface area contributed by atoms with E-state index in [1.54, 1.807) is 36.6 Å². The summed E-state index contributed by atoms with van der Waals surface area (Å²) in [6.07, 6.45) is 0.0256. The number of nitrogens with one attached hydrogen (secondary N) is 1. The fraction of sp³-hybridized carbons (Fsp3) is 0.364. The molecule has 0 aliphatic carbocycles. The molecule has 2 N–H and O–H groups in total. The van der Waals surface area contributed by atoms with Crippen LogP contribution in [0.4, 0.5) is 0 Å². The number of esters is 2. The Labute approximate surface area is 193 Å². The van der Waals surface area contributed by atoms with E-state index in [-0.39, 0.29) is 19.8 Å². The first-order chi connectivity index (χ1) is 15.8. The molecule has 1 aliphatic heterocycles. The highest BCUT2D eigenvalue weighted by atomic mass is 32.2. The van der Waals surface area contributed by atoms with Crippen molar-refractivity contribution in [3.8, 4) is 17.2 Å². The van der Waals surface area contributed by atoms with Crippen molar-refractivity contribution < 1.29 is 42.6 Å². The van der Waals surface area contributed by atoms with Crippen LogP contribution in [-0.4, -0.2) is 66.4 Å². The number of cyclic esters (lactones) is 2. The zero-order valence-electron chi connectivity index (χ0n) is 18.4. The molecule has 1 heterocycles. The summed E-state index contributed by atoms with van der Waals surface area (Å²) < 4.78 is 38.2. The molecule has 0 amide bonds. The van der Waals surface area contributed by atoms with Gasteiger partial charge in [-0.3, -0.25) is 4.21 Å². The Balaban J connectivity index is 1.62. The molecule has 0 saturated carbocycles. The Kier molecular flexibility index (Phi) is 7.90. The number of aryl methyl sites for hydroxylation is 1. The van der Waals surface area contributed by atoms with Crippen molar-refractivity contribution in [2.45, 2.75) is 23.8 Å². The minimum Gasteiger partial charge on any atom is -0.493 e. The van der Waals surface area contributed by atoms with Gasteiger partial charge in [0.15, 0.2) is 17.6 Å². The summed E-state index contributed by atoms with van der Waals surface area (Å²) in [5.41, 5.74) is 0.840. The molecule has 11 heteroatoms. The van der Waals surface area contributed by atoms with E-state index in [1.807, 2.05) is 19.1 Å². The van der Waals surface area contributed by atoms with Crippen LogP contribution in [0.15, 0.2) is 47.4 Å². The second-order valence-corrected chi connectivity index (χ2v) is 8.46. The van der Waals surface area contributed by atoms with E-state index in [4.69, 9.17) is 23.7 Å². The van der Waals surface area contributed by atoms with Crippen molar-refractivity contribution in [3.05, 3.63) is 48.0 Å². The molecule has 2 unspecified atom stereocenters. The summed E-state index contributed by atoms with van der Waals surface area (Å²) >= 11 is 0. The van der Waals surface area contributed by atoms with Gasteiger partial charge in [-0.05, 0) is 30.7 Å². The van der Waals surface area contributed by atoms with E-state index in [0.717, 1.165) is 5.56 Å². The van der Waals surface area contributed by atoms with Crippen molar-refractivity contribution in [3.63, 3.8) is 0 Å². The third-order valence-electron chi connectivity index (χ3n) is 4.78. The molecule has 0 bridgehead atoms. The quantitative estimate of drug-likeness (QED) is 0.272. The maximum atomic E-state index is 11.7. The summed E-state index contributed by atoms with van der Waals surface area (Å²) in [6, 6.07) is 12.0. The predicted octanol–water partition coefficient (Wildman–Crippen LogP) is 0.903. The molecule has 0 aromatic heterocycles. The van der Waals surface area contributed by atoms with E-state index in [9.17, 15) is 18.9 Å². The molecular formula is C22H25NO9S. The first-order valence-electron chi connectivity index (χ1n) is 9.98. The van der Waals surface area contributed by atoms with Crippen LogP contribution >= 0.6 is 0 Å². The number of carbonyl (C=O) groups excluding carboxylic acids is 2. The maximum Gasteiger partial charge on any atom is 0.422 e. The maximum absolute atomic E-state index is 11.7. The molecule has 178 valence electrons. The van der Waals surface area contributed by atoms with E-state index < -0.39 is 34.8 Å². The van der Waals surface area contributed by atoms with Crippen LogP contribution in [0.2, 0.25) is 0 Å². The summed E-state index contributed by atoms with van der Waals surface area (Å²) in [6.45, 7) is 1.57. The number of aliphatic hydroxyl groups excluding tert-OH is 1. The summed E-state index contributed by atoms with van der Waals surface area (Å²) in [7, 11) is 0.280. The lowest BCUT2D eigenvalue weighted by Crippen LogP contribution is -2.58. The van der Waals surface area contributed by atoms with E-state index >= 15 is 0 Å². The number of benzene rings is 2. The molecular weight excluding hydrogens is 454 g/mol. The van der Waals surface area contributed by atoms with Crippen LogP contribution in [0, 0.1) is 6.92 Å². The molecule has 0 spiro atoms. The van der Waals surface area contributed by atoms with Gasteiger partial charge in [-0.15, -0.1) is 0 Å². The first-order valence-corrected chi connectivity index (χ1v) is 11.5. The number of carbonyl (C=O) groups is 2. The van der Waals surface area contributed by atoms with Gasteiger partial charge in [0, 0.05) is 34.6 Å². The summed E-state index contributed by atoms with van der Waals surface area (Å²) in [4.78, 5) is 24.0. The number of rotatable bonds is 11. The first kappa shape index (κ1) is 24.5. The smallest absolute Gasteiger partial charge is 0.422 e. The molecule has 1 fully saturated rings. The lowest BCUT2D eigenvalue weighted by Gasteiger charge is -2.30. The van der Waals surface area contributed by atoms with Crippen LogP contribution in [0.25, 0.3) is 0 Å². The van der Waals surface area contributed by atoms with Crippen LogP contribution in [-0.2, 0) is 29.9 Å². The lowest BCUT2D eigenvalue weighted by molar-refractivity contribution is -0.240. The molecule has 1 aliphatic rings. The predicted molar refractivity (Wildman–Crippen MR) is 116 cm³/mol. The Morgan fingerprint density at radius 1 is 1.06 bits per heavy atom. The van der Waals surface area contributed by atoms with E-state index in [2.05, 4.69) is 5.32 Å². The van der Waals surface area contributed by atoms with Gasteiger partial charge in [0.2, 0.25) is 0 Å². The van der Waals surface area contributed by atoms with Crippen molar-refractivity contribution >= 4 is 22.7 Å². The Morgan fingerprint density at radius 3 is 2.39 bits per heavy atom. The minimum absolute atomic E-state index is 0.0204. The van der Waals surface area contributed by atoms with Crippen LogP contribution < -0.4 is 19.5 Å². The van der Waals surface area contributed by atoms with Gasteiger partial charge in [-0.25, -0.2) is 14.9 Å². The van der Waals surface area contributed by atoms with Gasteiger partial charge < -0.3 is 28.8 Å². The zero-order valence-corrected chi connectivity index (χ0v) is 19.2. The lowest BCUT2D eigenvalue weighted by atomic mass is 10.2. The van der Waals surface area contributed by atoms with Gasteiger partial charge in [-0.2, -0.15) is 0 Å². The Bertz CT molecular complexity index is 1030. The van der Waals surface area contributed by atoms with Crippen LogP contribution in [0.5, 0.6) is 17.2 Å². The number of hydrogen-bond donors (Lipinski definition) is 2. The zero-order chi connectivity index (χ0) is 24.0. The molecule has 1 saturated heterocycles. The fourth-order valence-corrected chi connectivity index (χ4v) is 3.57. The number of hydrogen-bond acceptors (Lipinski definition) is 10. The molecule has 33 heavy (non-hydrogen) atoms. The highest BCUT2D eigenvalue weighted by molar-refractivity contribution is 7.84. The highest BCUT2D eigenvalue weighted by Crippen LogP contribution is 2.29. The van der Waals surface area contributed by atoms with Gasteiger partial charge in [-0.1, -0.05) is 18.2 Å².